The number of benzene rings is 2. The van der Waals surface area contributed by atoms with E-state index in [9.17, 15) is 9.59 Å². The normalized spacial score (nSPS) is 10.7. The maximum Gasteiger partial charge on any atom is 0.364 e. The Bertz CT molecular complexity index is 937. The van der Waals surface area contributed by atoms with Gasteiger partial charge in [-0.2, -0.15) is 0 Å². The molecule has 0 fully saturated rings. The fourth-order valence-electron chi connectivity index (χ4n) is 1.94. The first-order valence-corrected chi connectivity index (χ1v) is 7.82. The van der Waals surface area contributed by atoms with Crippen molar-refractivity contribution in [2.45, 2.75) is 0 Å². The summed E-state index contributed by atoms with van der Waals surface area (Å²) in [7, 11) is 0. The van der Waals surface area contributed by atoms with E-state index in [4.69, 9.17) is 20.9 Å². The molecule has 8 heteroatoms. The number of nitrogens with one attached hydrogen (secondary N) is 1. The van der Waals surface area contributed by atoms with E-state index in [1.54, 1.807) is 54.6 Å². The zero-order valence-corrected chi connectivity index (χ0v) is 14.0. The Morgan fingerprint density at radius 3 is 2.46 bits per heavy atom. The Hall–Kier alpha value is -3.45. The number of nitrogens with zero attached hydrogens (tertiary/aromatic N) is 2. The van der Waals surface area contributed by atoms with E-state index in [0.717, 1.165) is 0 Å². The van der Waals surface area contributed by atoms with Crippen LogP contribution in [0.15, 0.2) is 81.6 Å². The van der Waals surface area contributed by atoms with Gasteiger partial charge in [0, 0.05) is 0 Å². The Morgan fingerprint density at radius 1 is 1.00 bits per heavy atom. The molecule has 1 N–H and O–H groups in total. The molecule has 1 amide bonds. The first kappa shape index (κ1) is 17.4. The zero-order valence-electron chi connectivity index (χ0n) is 13.3. The lowest BCUT2D eigenvalue weighted by molar-refractivity contribution is 0.0596. The Labute approximate surface area is 153 Å². The van der Waals surface area contributed by atoms with Crippen LogP contribution in [0, 0.1) is 0 Å². The van der Waals surface area contributed by atoms with Gasteiger partial charge in [-0.05, 0) is 48.5 Å². The molecule has 3 rings (SSSR count). The molecular weight excluding hydrogens is 358 g/mol. The summed E-state index contributed by atoms with van der Waals surface area (Å²) < 4.78 is 4.93. The number of carbonyl (C=O) groups excluding carboxylic acids is 2. The summed E-state index contributed by atoms with van der Waals surface area (Å²) in [6.07, 6.45) is 1.38. The van der Waals surface area contributed by atoms with Gasteiger partial charge in [0.2, 0.25) is 0 Å². The van der Waals surface area contributed by atoms with Crippen LogP contribution in [-0.4, -0.2) is 11.9 Å². The first-order valence-electron chi connectivity index (χ1n) is 7.45. The SMILES string of the molecule is O=C(N=Nc1ccc(NOC(=O)c2ccccc2Cl)cc1)c1ccco1. The van der Waals surface area contributed by atoms with Gasteiger partial charge in [-0.3, -0.25) is 4.79 Å². The Kier molecular flexibility index (Phi) is 5.40. The molecule has 0 spiro atoms. The highest BCUT2D eigenvalue weighted by molar-refractivity contribution is 6.33. The smallest absolute Gasteiger partial charge is 0.364 e. The third-order valence-electron chi connectivity index (χ3n) is 3.21. The molecule has 7 nitrogen and oxygen atoms in total. The second kappa shape index (κ2) is 8.09. The van der Waals surface area contributed by atoms with Crippen molar-refractivity contribution in [1.29, 1.82) is 0 Å². The topological polar surface area (TPSA) is 93.3 Å². The van der Waals surface area contributed by atoms with Crippen molar-refractivity contribution in [2.75, 3.05) is 5.48 Å². The second-order valence-corrected chi connectivity index (χ2v) is 5.41. The maximum absolute atomic E-state index is 11.9. The molecule has 2 aromatic carbocycles. The van der Waals surface area contributed by atoms with E-state index in [1.807, 2.05) is 0 Å². The Morgan fingerprint density at radius 2 is 1.77 bits per heavy atom. The van der Waals surface area contributed by atoms with Crippen LogP contribution in [0.25, 0.3) is 0 Å². The predicted octanol–water partition coefficient (Wildman–Crippen LogP) is 5.04. The van der Waals surface area contributed by atoms with Gasteiger partial charge in [0.05, 0.1) is 28.2 Å². The minimum atomic E-state index is -0.608. The van der Waals surface area contributed by atoms with E-state index in [0.29, 0.717) is 16.4 Å². The second-order valence-electron chi connectivity index (χ2n) is 5.00. The fourth-order valence-corrected chi connectivity index (χ4v) is 2.15. The molecule has 26 heavy (non-hydrogen) atoms. The number of halogens is 1. The van der Waals surface area contributed by atoms with Gasteiger partial charge in [0.25, 0.3) is 0 Å². The van der Waals surface area contributed by atoms with Crippen molar-refractivity contribution in [1.82, 2.24) is 0 Å². The maximum atomic E-state index is 11.9. The number of hydrogen-bond acceptors (Lipinski definition) is 6. The van der Waals surface area contributed by atoms with Gasteiger partial charge >= 0.3 is 11.9 Å². The van der Waals surface area contributed by atoms with E-state index < -0.39 is 11.9 Å². The molecule has 0 unspecified atom stereocenters. The van der Waals surface area contributed by atoms with Crippen molar-refractivity contribution in [3.63, 3.8) is 0 Å². The van der Waals surface area contributed by atoms with Gasteiger partial charge in [0.15, 0.2) is 5.76 Å². The van der Waals surface area contributed by atoms with Crippen LogP contribution in [0.5, 0.6) is 0 Å². The molecule has 0 bridgehead atoms. The minimum absolute atomic E-state index is 0.110. The molecule has 0 saturated carbocycles. The summed E-state index contributed by atoms with van der Waals surface area (Å²) in [5, 5.41) is 7.68. The monoisotopic (exact) mass is 369 g/mol. The van der Waals surface area contributed by atoms with Gasteiger partial charge in [-0.1, -0.05) is 23.7 Å². The molecular formula is C18H12ClN3O4. The van der Waals surface area contributed by atoms with Crippen LogP contribution in [0.3, 0.4) is 0 Å². The average Bonchev–Trinajstić information content (AvgIpc) is 3.20. The number of hydrogen-bond donors (Lipinski definition) is 1. The summed E-state index contributed by atoms with van der Waals surface area (Å²) in [4.78, 5) is 28.6. The average molecular weight is 370 g/mol. The number of anilines is 1. The van der Waals surface area contributed by atoms with Crippen molar-refractivity contribution < 1.29 is 18.8 Å². The predicted molar refractivity (Wildman–Crippen MR) is 94.5 cm³/mol. The number of carbonyl (C=O) groups is 2. The third-order valence-corrected chi connectivity index (χ3v) is 3.54. The summed E-state index contributed by atoms with van der Waals surface area (Å²) in [6.45, 7) is 0. The molecule has 0 atom stereocenters. The van der Waals surface area contributed by atoms with Crippen molar-refractivity contribution >= 4 is 34.9 Å². The molecule has 0 radical (unpaired) electrons. The number of amides is 1. The van der Waals surface area contributed by atoms with Gasteiger partial charge in [0.1, 0.15) is 0 Å². The van der Waals surface area contributed by atoms with E-state index in [1.165, 1.54) is 12.3 Å². The summed E-state index contributed by atoms with van der Waals surface area (Å²) in [6, 6.07) is 16.1. The molecule has 1 aromatic heterocycles. The van der Waals surface area contributed by atoms with Crippen LogP contribution in [-0.2, 0) is 4.84 Å². The highest BCUT2D eigenvalue weighted by Gasteiger charge is 2.11. The molecule has 130 valence electrons. The van der Waals surface area contributed by atoms with Crippen molar-refractivity contribution in [3.8, 4) is 0 Å². The molecule has 0 aliphatic heterocycles. The number of rotatable bonds is 5. The van der Waals surface area contributed by atoms with Crippen molar-refractivity contribution in [3.05, 3.63) is 83.3 Å². The first-order chi connectivity index (χ1) is 12.6. The highest BCUT2D eigenvalue weighted by Crippen LogP contribution is 2.19. The molecule has 0 saturated heterocycles. The Balaban J connectivity index is 1.57. The number of azo groups is 1. The standard InChI is InChI=1S/C18H12ClN3O4/c19-15-5-2-1-4-14(15)18(24)26-22-13-9-7-12(8-10-13)20-21-17(23)16-6-3-11-25-16/h1-11,22H. The van der Waals surface area contributed by atoms with Gasteiger partial charge < -0.3 is 9.25 Å². The summed E-state index contributed by atoms with van der Waals surface area (Å²) in [5.74, 6) is -1.08. The van der Waals surface area contributed by atoms with Crippen LogP contribution >= 0.6 is 11.6 Å². The fraction of sp³-hybridized carbons (Fsp3) is 0. The third kappa shape index (κ3) is 4.34. The van der Waals surface area contributed by atoms with Gasteiger partial charge in [-0.25, -0.2) is 10.3 Å². The minimum Gasteiger partial charge on any atom is -0.459 e. The largest absolute Gasteiger partial charge is 0.459 e. The molecule has 0 aliphatic carbocycles. The van der Waals surface area contributed by atoms with Crippen LogP contribution in [0.4, 0.5) is 11.4 Å². The van der Waals surface area contributed by atoms with E-state index in [-0.39, 0.29) is 11.3 Å². The molecule has 3 aromatic rings. The quantitative estimate of drug-likeness (QED) is 0.502. The highest BCUT2D eigenvalue weighted by atomic mass is 35.5. The summed E-state index contributed by atoms with van der Waals surface area (Å²) in [5.41, 5.74) is 3.74. The van der Waals surface area contributed by atoms with Crippen molar-refractivity contribution in [2.24, 2.45) is 10.2 Å². The lowest BCUT2D eigenvalue weighted by Gasteiger charge is -2.07. The van der Waals surface area contributed by atoms with E-state index >= 15 is 0 Å². The van der Waals surface area contributed by atoms with Crippen LogP contribution in [0.1, 0.15) is 20.9 Å². The zero-order chi connectivity index (χ0) is 18.4. The molecule has 0 aliphatic rings. The lowest BCUT2D eigenvalue weighted by atomic mass is 10.2. The lowest BCUT2D eigenvalue weighted by Crippen LogP contribution is -2.11. The van der Waals surface area contributed by atoms with Crippen LogP contribution < -0.4 is 5.48 Å². The van der Waals surface area contributed by atoms with Gasteiger partial charge in [-0.15, -0.1) is 10.2 Å². The number of furan rings is 1. The van der Waals surface area contributed by atoms with Crippen LogP contribution in [0.2, 0.25) is 5.02 Å². The summed E-state index contributed by atoms with van der Waals surface area (Å²) >= 11 is 5.93. The molecule has 1 heterocycles. The van der Waals surface area contributed by atoms with E-state index in [2.05, 4.69) is 15.7 Å².